The fraction of sp³-hybridized carbons (Fsp3) is 0.455. The maximum atomic E-state index is 4.43. The molecule has 0 fully saturated rings. The highest BCUT2D eigenvalue weighted by atomic mass is 15.5. The average molecular weight is 191 g/mol. The van der Waals surface area contributed by atoms with Gasteiger partial charge in [0.1, 0.15) is 5.82 Å². The monoisotopic (exact) mass is 191 g/mol. The van der Waals surface area contributed by atoms with Gasteiger partial charge >= 0.3 is 0 Å². The number of rotatable bonds is 3. The largest absolute Gasteiger partial charge is 0.251 e. The summed E-state index contributed by atoms with van der Waals surface area (Å²) in [4.78, 5) is 4.21. The first-order valence-electron chi connectivity index (χ1n) is 4.81. The molecule has 0 saturated heterocycles. The summed E-state index contributed by atoms with van der Waals surface area (Å²) in [5.41, 5.74) is 1.11. The van der Waals surface area contributed by atoms with E-state index in [0.29, 0.717) is 5.92 Å². The fourth-order valence-corrected chi connectivity index (χ4v) is 0.948. The van der Waals surface area contributed by atoms with Gasteiger partial charge in [0, 0.05) is 19.0 Å². The molecular formula is C11H17N3. The van der Waals surface area contributed by atoms with Crippen LogP contribution < -0.4 is 5.01 Å². The molecule has 0 bridgehead atoms. The molecule has 3 heteroatoms. The summed E-state index contributed by atoms with van der Waals surface area (Å²) >= 11 is 0. The third kappa shape index (κ3) is 2.83. The molecule has 0 radical (unpaired) electrons. The van der Waals surface area contributed by atoms with Crippen molar-refractivity contribution < 1.29 is 0 Å². The molecule has 0 aliphatic rings. The molecule has 76 valence electrons. The van der Waals surface area contributed by atoms with Crippen molar-refractivity contribution in [2.75, 3.05) is 12.1 Å². The Kier molecular flexibility index (Phi) is 3.63. The van der Waals surface area contributed by atoms with Crippen molar-refractivity contribution in [3.8, 4) is 0 Å². The highest BCUT2D eigenvalue weighted by Gasteiger charge is 2.02. The van der Waals surface area contributed by atoms with E-state index >= 15 is 0 Å². The molecule has 0 aliphatic heterocycles. The lowest BCUT2D eigenvalue weighted by molar-refractivity contribution is 0.851. The molecule has 0 unspecified atom stereocenters. The van der Waals surface area contributed by atoms with Crippen LogP contribution in [-0.4, -0.2) is 17.7 Å². The number of hydrogen-bond acceptors (Lipinski definition) is 3. The normalized spacial score (nSPS) is 11.9. The standard InChI is InChI=1S/C11H17N3/c1-9(2)10(3)13-14(4)11-7-5-6-8-12-11/h5-9H,1-4H3/b13-10+. The summed E-state index contributed by atoms with van der Waals surface area (Å²) in [7, 11) is 1.91. The van der Waals surface area contributed by atoms with Crippen LogP contribution in [0.3, 0.4) is 0 Å². The summed E-state index contributed by atoms with van der Waals surface area (Å²) in [6, 6.07) is 5.80. The molecule has 0 spiro atoms. The lowest BCUT2D eigenvalue weighted by atomic mass is 10.1. The number of anilines is 1. The summed E-state index contributed by atoms with van der Waals surface area (Å²) in [6.07, 6.45) is 1.77. The molecule has 1 aromatic rings. The molecule has 1 heterocycles. The number of hydrogen-bond donors (Lipinski definition) is 0. The van der Waals surface area contributed by atoms with E-state index in [2.05, 4.69) is 23.9 Å². The third-order valence-electron chi connectivity index (χ3n) is 2.12. The van der Waals surface area contributed by atoms with Gasteiger partial charge in [0.25, 0.3) is 0 Å². The molecule has 0 aliphatic carbocycles. The Hall–Kier alpha value is -1.38. The van der Waals surface area contributed by atoms with Crippen molar-refractivity contribution in [1.82, 2.24) is 4.98 Å². The van der Waals surface area contributed by atoms with E-state index in [-0.39, 0.29) is 0 Å². The molecule has 0 saturated carbocycles. The lowest BCUT2D eigenvalue weighted by Crippen LogP contribution is -2.15. The van der Waals surface area contributed by atoms with Crippen LogP contribution in [0.2, 0.25) is 0 Å². The highest BCUT2D eigenvalue weighted by molar-refractivity contribution is 5.84. The van der Waals surface area contributed by atoms with Gasteiger partial charge in [-0.3, -0.25) is 5.01 Å². The predicted molar refractivity (Wildman–Crippen MR) is 60.6 cm³/mol. The molecular weight excluding hydrogens is 174 g/mol. The topological polar surface area (TPSA) is 28.5 Å². The highest BCUT2D eigenvalue weighted by Crippen LogP contribution is 2.08. The minimum atomic E-state index is 0.473. The first kappa shape index (κ1) is 10.7. The van der Waals surface area contributed by atoms with Crippen LogP contribution in [0.15, 0.2) is 29.5 Å². The molecule has 1 rings (SSSR count). The van der Waals surface area contributed by atoms with Gasteiger partial charge in [-0.1, -0.05) is 19.9 Å². The summed E-state index contributed by atoms with van der Waals surface area (Å²) in [5, 5.41) is 6.24. The van der Waals surface area contributed by atoms with E-state index < -0.39 is 0 Å². The van der Waals surface area contributed by atoms with Crippen molar-refractivity contribution in [2.45, 2.75) is 20.8 Å². The Labute approximate surface area is 85.5 Å². The number of aromatic nitrogens is 1. The SMILES string of the molecule is C/C(=N\N(C)c1ccccn1)C(C)C. The Bertz CT molecular complexity index is 304. The van der Waals surface area contributed by atoms with Crippen LogP contribution in [0.1, 0.15) is 20.8 Å². The van der Waals surface area contributed by atoms with Crippen LogP contribution in [0.4, 0.5) is 5.82 Å². The van der Waals surface area contributed by atoms with Crippen LogP contribution in [0.25, 0.3) is 0 Å². The Morgan fingerprint density at radius 3 is 2.64 bits per heavy atom. The smallest absolute Gasteiger partial charge is 0.148 e. The summed E-state index contributed by atoms with van der Waals surface area (Å²) in [5.74, 6) is 1.34. The van der Waals surface area contributed by atoms with Crippen molar-refractivity contribution in [3.05, 3.63) is 24.4 Å². The Balaban J connectivity index is 2.77. The molecule has 0 amide bonds. The zero-order valence-electron chi connectivity index (χ0n) is 9.23. The average Bonchev–Trinajstić information content (AvgIpc) is 2.19. The van der Waals surface area contributed by atoms with Gasteiger partial charge in [-0.25, -0.2) is 4.98 Å². The van der Waals surface area contributed by atoms with E-state index in [9.17, 15) is 0 Å². The lowest BCUT2D eigenvalue weighted by Gasteiger charge is -2.14. The first-order chi connectivity index (χ1) is 6.61. The number of hydrazone groups is 1. The molecule has 3 nitrogen and oxygen atoms in total. The second-order valence-electron chi connectivity index (χ2n) is 3.61. The molecule has 0 aromatic carbocycles. The van der Waals surface area contributed by atoms with Gasteiger partial charge in [-0.15, -0.1) is 0 Å². The van der Waals surface area contributed by atoms with Crippen LogP contribution in [0, 0.1) is 5.92 Å². The van der Waals surface area contributed by atoms with Crippen LogP contribution in [0.5, 0.6) is 0 Å². The van der Waals surface area contributed by atoms with Crippen molar-refractivity contribution in [3.63, 3.8) is 0 Å². The van der Waals surface area contributed by atoms with Gasteiger partial charge < -0.3 is 0 Å². The van der Waals surface area contributed by atoms with Gasteiger partial charge in [0.2, 0.25) is 0 Å². The predicted octanol–water partition coefficient (Wildman–Crippen LogP) is 2.55. The number of pyridine rings is 1. The molecule has 0 atom stereocenters. The second kappa shape index (κ2) is 4.74. The summed E-state index contributed by atoms with van der Waals surface area (Å²) in [6.45, 7) is 6.29. The van der Waals surface area contributed by atoms with Gasteiger partial charge in [0.05, 0.1) is 0 Å². The quantitative estimate of drug-likeness (QED) is 0.542. The fourth-order valence-electron chi connectivity index (χ4n) is 0.948. The molecule has 1 aromatic heterocycles. The van der Waals surface area contributed by atoms with Crippen LogP contribution in [-0.2, 0) is 0 Å². The zero-order chi connectivity index (χ0) is 10.6. The minimum absolute atomic E-state index is 0.473. The Morgan fingerprint density at radius 1 is 1.43 bits per heavy atom. The van der Waals surface area contributed by atoms with E-state index in [1.165, 1.54) is 0 Å². The van der Waals surface area contributed by atoms with E-state index in [4.69, 9.17) is 0 Å². The molecule has 0 N–H and O–H groups in total. The third-order valence-corrected chi connectivity index (χ3v) is 2.12. The van der Waals surface area contributed by atoms with Crippen molar-refractivity contribution >= 4 is 11.5 Å². The van der Waals surface area contributed by atoms with Crippen molar-refractivity contribution in [2.24, 2.45) is 11.0 Å². The maximum absolute atomic E-state index is 4.43. The maximum Gasteiger partial charge on any atom is 0.148 e. The molecule has 14 heavy (non-hydrogen) atoms. The van der Waals surface area contributed by atoms with E-state index in [1.54, 1.807) is 11.2 Å². The number of nitrogens with zero attached hydrogens (tertiary/aromatic N) is 3. The Morgan fingerprint density at radius 2 is 2.14 bits per heavy atom. The minimum Gasteiger partial charge on any atom is -0.251 e. The van der Waals surface area contributed by atoms with E-state index in [0.717, 1.165) is 11.5 Å². The van der Waals surface area contributed by atoms with E-state index in [1.807, 2.05) is 32.2 Å². The van der Waals surface area contributed by atoms with Gasteiger partial charge in [0.15, 0.2) is 0 Å². The van der Waals surface area contributed by atoms with Crippen molar-refractivity contribution in [1.29, 1.82) is 0 Å². The van der Waals surface area contributed by atoms with Gasteiger partial charge in [-0.05, 0) is 25.0 Å². The summed E-state index contributed by atoms with van der Waals surface area (Å²) < 4.78 is 0. The van der Waals surface area contributed by atoms with Crippen LogP contribution >= 0.6 is 0 Å². The first-order valence-corrected chi connectivity index (χ1v) is 4.81. The van der Waals surface area contributed by atoms with Gasteiger partial charge in [-0.2, -0.15) is 5.10 Å². The zero-order valence-corrected chi connectivity index (χ0v) is 9.23. The second-order valence-corrected chi connectivity index (χ2v) is 3.61.